The standard InChI is InChI=1S/C21H25NOS/c1-14(2)19-13-23-21(22-19)18-11-6-5-9-16(18)17-10-7-8-12-20(17)24-15(3)4/h5-12,14-15,19H,13H2,1-4H3/t19-/m1/s1. The average Bonchev–Trinajstić information content (AvgIpc) is 3.05. The van der Waals surface area contributed by atoms with E-state index >= 15 is 0 Å². The summed E-state index contributed by atoms with van der Waals surface area (Å²) in [4.78, 5) is 6.13. The lowest BCUT2D eigenvalue weighted by atomic mass is 9.99. The fourth-order valence-corrected chi connectivity index (χ4v) is 3.80. The maximum Gasteiger partial charge on any atom is 0.217 e. The molecule has 2 nitrogen and oxygen atoms in total. The first-order valence-corrected chi connectivity index (χ1v) is 9.50. The van der Waals surface area contributed by atoms with E-state index in [4.69, 9.17) is 9.73 Å². The number of nitrogens with zero attached hydrogens (tertiary/aromatic N) is 1. The minimum absolute atomic E-state index is 0.258. The van der Waals surface area contributed by atoms with E-state index in [1.165, 1.54) is 16.0 Å². The van der Waals surface area contributed by atoms with Gasteiger partial charge < -0.3 is 4.74 Å². The molecule has 0 aromatic heterocycles. The molecule has 0 radical (unpaired) electrons. The molecular formula is C21H25NOS. The topological polar surface area (TPSA) is 21.6 Å². The normalized spacial score (nSPS) is 17.2. The molecule has 0 saturated heterocycles. The van der Waals surface area contributed by atoms with Gasteiger partial charge in [0.2, 0.25) is 5.90 Å². The van der Waals surface area contributed by atoms with Crippen molar-refractivity contribution in [2.45, 2.75) is 43.9 Å². The zero-order chi connectivity index (χ0) is 17.1. The summed E-state index contributed by atoms with van der Waals surface area (Å²) in [6, 6.07) is 17.3. The molecule has 0 spiro atoms. The molecule has 3 rings (SSSR count). The lowest BCUT2D eigenvalue weighted by Gasteiger charge is -2.14. The maximum atomic E-state index is 5.94. The number of rotatable bonds is 5. The third-order valence-electron chi connectivity index (χ3n) is 4.14. The highest BCUT2D eigenvalue weighted by Crippen LogP contribution is 2.36. The highest BCUT2D eigenvalue weighted by atomic mass is 32.2. The molecule has 126 valence electrons. The predicted octanol–water partition coefficient (Wildman–Crippen LogP) is 5.66. The van der Waals surface area contributed by atoms with Crippen molar-refractivity contribution in [1.82, 2.24) is 0 Å². The Kier molecular flexibility index (Phi) is 5.30. The van der Waals surface area contributed by atoms with Gasteiger partial charge in [-0.15, -0.1) is 11.8 Å². The van der Waals surface area contributed by atoms with Crippen LogP contribution in [0.15, 0.2) is 58.4 Å². The number of ether oxygens (including phenoxy) is 1. The zero-order valence-electron chi connectivity index (χ0n) is 14.8. The van der Waals surface area contributed by atoms with E-state index in [0.29, 0.717) is 17.8 Å². The number of hydrogen-bond acceptors (Lipinski definition) is 3. The van der Waals surface area contributed by atoms with Crippen molar-refractivity contribution in [3.63, 3.8) is 0 Å². The second kappa shape index (κ2) is 7.43. The van der Waals surface area contributed by atoms with E-state index in [9.17, 15) is 0 Å². The molecule has 0 N–H and O–H groups in total. The Hall–Kier alpha value is -1.74. The fraction of sp³-hybridized carbons (Fsp3) is 0.381. The average molecular weight is 340 g/mol. The summed E-state index contributed by atoms with van der Waals surface area (Å²) in [5, 5.41) is 0.545. The lowest BCUT2D eigenvalue weighted by molar-refractivity contribution is 0.292. The summed E-state index contributed by atoms with van der Waals surface area (Å²) >= 11 is 1.90. The Bertz CT molecular complexity index is 736. The number of benzene rings is 2. The summed E-state index contributed by atoms with van der Waals surface area (Å²) in [6.45, 7) is 9.53. The third kappa shape index (κ3) is 3.67. The van der Waals surface area contributed by atoms with Crippen LogP contribution in [0.2, 0.25) is 0 Å². The van der Waals surface area contributed by atoms with Crippen molar-refractivity contribution in [2.24, 2.45) is 10.9 Å². The first kappa shape index (κ1) is 17.1. The van der Waals surface area contributed by atoms with Gasteiger partial charge in [-0.05, 0) is 29.2 Å². The van der Waals surface area contributed by atoms with Crippen LogP contribution in [0.4, 0.5) is 0 Å². The van der Waals surface area contributed by atoms with E-state index in [2.05, 4.69) is 76.2 Å². The van der Waals surface area contributed by atoms with E-state index in [1.54, 1.807) is 0 Å². The Morgan fingerprint density at radius 3 is 2.17 bits per heavy atom. The molecule has 1 atom stereocenters. The minimum atomic E-state index is 0.258. The molecule has 3 heteroatoms. The first-order chi connectivity index (χ1) is 11.6. The molecule has 0 unspecified atom stereocenters. The van der Waals surface area contributed by atoms with Crippen LogP contribution in [-0.2, 0) is 4.74 Å². The second-order valence-corrected chi connectivity index (χ2v) is 8.38. The highest BCUT2D eigenvalue weighted by molar-refractivity contribution is 8.00. The summed E-state index contributed by atoms with van der Waals surface area (Å²) in [7, 11) is 0. The molecule has 0 fully saturated rings. The molecule has 1 heterocycles. The Morgan fingerprint density at radius 2 is 1.54 bits per heavy atom. The first-order valence-electron chi connectivity index (χ1n) is 8.62. The van der Waals surface area contributed by atoms with Crippen LogP contribution in [0.3, 0.4) is 0 Å². The summed E-state index contributed by atoms with van der Waals surface area (Å²) in [6.07, 6.45) is 0. The molecule has 0 saturated carbocycles. The molecule has 0 amide bonds. The lowest BCUT2D eigenvalue weighted by Crippen LogP contribution is -2.13. The van der Waals surface area contributed by atoms with Gasteiger partial charge in [0.25, 0.3) is 0 Å². The zero-order valence-corrected chi connectivity index (χ0v) is 15.6. The number of aliphatic imine (C=N–C) groups is 1. The van der Waals surface area contributed by atoms with E-state index in [1.807, 2.05) is 11.8 Å². The van der Waals surface area contributed by atoms with Gasteiger partial charge in [-0.3, -0.25) is 0 Å². The van der Waals surface area contributed by atoms with E-state index < -0.39 is 0 Å². The maximum absolute atomic E-state index is 5.94. The number of thioether (sulfide) groups is 1. The molecule has 2 aromatic rings. The summed E-state index contributed by atoms with van der Waals surface area (Å²) in [5.41, 5.74) is 3.55. The largest absolute Gasteiger partial charge is 0.475 e. The third-order valence-corrected chi connectivity index (χ3v) is 5.22. The quantitative estimate of drug-likeness (QED) is 0.656. The highest BCUT2D eigenvalue weighted by Gasteiger charge is 2.24. The SMILES string of the molecule is CC(C)Sc1ccccc1-c1ccccc1C1=N[C@@H](C(C)C)CO1. The van der Waals surface area contributed by atoms with Gasteiger partial charge in [-0.1, -0.05) is 64.1 Å². The van der Waals surface area contributed by atoms with Crippen LogP contribution in [0.5, 0.6) is 0 Å². The van der Waals surface area contributed by atoms with Gasteiger partial charge in [0.05, 0.1) is 6.04 Å². The van der Waals surface area contributed by atoms with Crippen molar-refractivity contribution in [3.8, 4) is 11.1 Å². The van der Waals surface area contributed by atoms with Crippen molar-refractivity contribution in [3.05, 3.63) is 54.1 Å². The van der Waals surface area contributed by atoms with Gasteiger partial charge in [0.1, 0.15) is 6.61 Å². The van der Waals surface area contributed by atoms with Crippen LogP contribution in [0.25, 0.3) is 11.1 Å². The van der Waals surface area contributed by atoms with Gasteiger partial charge in [-0.25, -0.2) is 4.99 Å². The fourth-order valence-electron chi connectivity index (χ4n) is 2.83. The van der Waals surface area contributed by atoms with Crippen molar-refractivity contribution >= 4 is 17.7 Å². The summed E-state index contributed by atoms with van der Waals surface area (Å²) in [5.74, 6) is 1.28. The molecule has 2 aromatic carbocycles. The monoisotopic (exact) mass is 339 g/mol. The van der Waals surface area contributed by atoms with Gasteiger partial charge in [0.15, 0.2) is 0 Å². The van der Waals surface area contributed by atoms with Crippen LogP contribution in [-0.4, -0.2) is 23.8 Å². The van der Waals surface area contributed by atoms with Gasteiger partial charge in [0, 0.05) is 15.7 Å². The number of hydrogen-bond donors (Lipinski definition) is 0. The van der Waals surface area contributed by atoms with Crippen LogP contribution < -0.4 is 0 Å². The Balaban J connectivity index is 2.04. The minimum Gasteiger partial charge on any atom is -0.475 e. The van der Waals surface area contributed by atoms with E-state index in [0.717, 1.165) is 11.5 Å². The molecule has 1 aliphatic heterocycles. The molecular weight excluding hydrogens is 314 g/mol. The Morgan fingerprint density at radius 1 is 0.917 bits per heavy atom. The van der Waals surface area contributed by atoms with Crippen molar-refractivity contribution < 1.29 is 4.74 Å². The van der Waals surface area contributed by atoms with Gasteiger partial charge in [-0.2, -0.15) is 0 Å². The molecule has 1 aliphatic rings. The van der Waals surface area contributed by atoms with Crippen LogP contribution in [0, 0.1) is 5.92 Å². The van der Waals surface area contributed by atoms with Crippen LogP contribution >= 0.6 is 11.8 Å². The van der Waals surface area contributed by atoms with Crippen molar-refractivity contribution in [1.29, 1.82) is 0 Å². The van der Waals surface area contributed by atoms with Crippen molar-refractivity contribution in [2.75, 3.05) is 6.61 Å². The second-order valence-electron chi connectivity index (χ2n) is 6.76. The van der Waals surface area contributed by atoms with E-state index in [-0.39, 0.29) is 6.04 Å². The summed E-state index contributed by atoms with van der Waals surface area (Å²) < 4.78 is 5.94. The van der Waals surface area contributed by atoms with Gasteiger partial charge >= 0.3 is 0 Å². The molecule has 24 heavy (non-hydrogen) atoms. The smallest absolute Gasteiger partial charge is 0.217 e. The predicted molar refractivity (Wildman–Crippen MR) is 104 cm³/mol. The molecule has 0 bridgehead atoms. The van der Waals surface area contributed by atoms with Crippen LogP contribution in [0.1, 0.15) is 33.3 Å². The Labute approximate surface area is 149 Å². The molecule has 0 aliphatic carbocycles.